The van der Waals surface area contributed by atoms with E-state index in [0.717, 1.165) is 25.6 Å². The number of carbonyl (C=O) groups is 2. The molecule has 0 atom stereocenters. The van der Waals surface area contributed by atoms with Crippen LogP contribution in [0.15, 0.2) is 12.2 Å². The fourth-order valence-electron chi connectivity index (χ4n) is 0. The van der Waals surface area contributed by atoms with Crippen molar-refractivity contribution in [2.24, 2.45) is 5.92 Å². The fraction of sp³-hybridized carbons (Fsp3) is 0.918. The Kier molecular flexibility index (Phi) is 804. The molecule has 0 aromatic heterocycles. The van der Waals surface area contributed by atoms with Crippen LogP contribution >= 0.6 is 25.3 Å². The summed E-state index contributed by atoms with van der Waals surface area (Å²) < 4.78 is 4.54. The number of hydrogen-bond acceptors (Lipinski definition) is 6. The molecular formula is C49H145N3O4S2. The van der Waals surface area contributed by atoms with E-state index in [9.17, 15) is 9.59 Å². The Morgan fingerprint density at radius 1 is 0.603 bits per heavy atom. The van der Waals surface area contributed by atoms with Gasteiger partial charge in [0.25, 0.3) is 0 Å². The van der Waals surface area contributed by atoms with Gasteiger partial charge >= 0.3 is 0 Å². The summed E-state index contributed by atoms with van der Waals surface area (Å²) in [5.41, 5.74) is 0. The molecule has 0 aliphatic carbocycles. The number of allylic oxidation sites excluding steroid dienone is 2. The molecule has 9 heteroatoms. The van der Waals surface area contributed by atoms with Crippen LogP contribution in [0.1, 0.15) is 239 Å². The highest BCUT2D eigenvalue weighted by Crippen LogP contribution is 1.83. The predicted molar refractivity (Wildman–Crippen MR) is 310 cm³/mol. The van der Waals surface area contributed by atoms with Gasteiger partial charge in [-0.05, 0) is 79.7 Å². The minimum Gasteiger partial charge on any atom is -0.412 e. The van der Waals surface area contributed by atoms with Crippen LogP contribution in [-0.4, -0.2) is 89.1 Å². The smallest absolute Gasteiger partial charge is 0.218 e. The number of Topliss-reactive ketones (excluding diaryl/α,β-unsaturated/α-hetero) is 1. The van der Waals surface area contributed by atoms with Crippen molar-refractivity contribution in [3.05, 3.63) is 12.2 Å². The third kappa shape index (κ3) is 1850. The first-order valence-electron chi connectivity index (χ1n) is 16.9. The molecule has 0 saturated heterocycles. The number of nitrogens with one attached hydrogen (secondary N) is 2. The molecule has 0 spiro atoms. The van der Waals surface area contributed by atoms with Crippen molar-refractivity contribution in [2.45, 2.75) is 239 Å². The summed E-state index contributed by atoms with van der Waals surface area (Å²) >= 11 is 1.86. The van der Waals surface area contributed by atoms with E-state index < -0.39 is 0 Å². The van der Waals surface area contributed by atoms with E-state index in [0.29, 0.717) is 0 Å². The number of amides is 1. The van der Waals surface area contributed by atoms with Crippen molar-refractivity contribution < 1.29 is 19.8 Å². The van der Waals surface area contributed by atoms with Gasteiger partial charge in [0.15, 0.2) is 0 Å². The van der Waals surface area contributed by atoms with Gasteiger partial charge in [-0.15, -0.1) is 0 Å². The van der Waals surface area contributed by atoms with Gasteiger partial charge in [0.1, 0.15) is 5.78 Å². The van der Waals surface area contributed by atoms with E-state index in [1.54, 1.807) is 21.2 Å². The SMILES string of the molecule is C.C.C.C.C.C.C.C.C.C.C.C.CC(=O)N(C)C.CC(C)=O.CC(C)C.CC=CC.CCC.CCC.CCCC.CCNC.CCNC.CCOC.CCSC.O.S. The zero-order valence-electron chi connectivity index (χ0n) is 36.5. The van der Waals surface area contributed by atoms with Crippen molar-refractivity contribution in [1.82, 2.24) is 15.5 Å². The number of nitrogens with zero attached hydrogens (tertiary/aromatic N) is 1. The number of hydrogen-bond donors (Lipinski definition) is 2. The van der Waals surface area contributed by atoms with Crippen LogP contribution in [0.2, 0.25) is 0 Å². The Balaban J connectivity index is -0.00000000880. The van der Waals surface area contributed by atoms with Gasteiger partial charge in [-0.25, -0.2) is 0 Å². The highest BCUT2D eigenvalue weighted by Gasteiger charge is 1.87. The summed E-state index contributed by atoms with van der Waals surface area (Å²) in [5, 5.41) is 5.86. The second-order valence-corrected chi connectivity index (χ2v) is 10.9. The average molecular weight is 905 g/mol. The quantitative estimate of drug-likeness (QED) is 0.267. The first-order chi connectivity index (χ1) is 20.4. The number of thioether (sulfide) groups is 1. The van der Waals surface area contributed by atoms with Crippen LogP contribution in [-0.2, 0) is 14.3 Å². The van der Waals surface area contributed by atoms with Crippen molar-refractivity contribution in [1.29, 1.82) is 0 Å². The molecule has 7 nitrogen and oxygen atoms in total. The Bertz CT molecular complexity index is 347. The molecule has 0 bridgehead atoms. The van der Waals surface area contributed by atoms with E-state index in [4.69, 9.17) is 0 Å². The van der Waals surface area contributed by atoms with Crippen molar-refractivity contribution >= 4 is 36.9 Å². The lowest BCUT2D eigenvalue weighted by atomic mass is 10.3. The Morgan fingerprint density at radius 2 is 0.707 bits per heavy atom. The van der Waals surface area contributed by atoms with Crippen LogP contribution in [0, 0.1) is 5.92 Å². The van der Waals surface area contributed by atoms with Crippen molar-refractivity contribution in [3.8, 4) is 0 Å². The first-order valence-corrected chi connectivity index (χ1v) is 18.3. The lowest BCUT2D eigenvalue weighted by molar-refractivity contribution is -0.126. The molecule has 0 heterocycles. The fourth-order valence-corrected chi connectivity index (χ4v) is 0. The van der Waals surface area contributed by atoms with Gasteiger partial charge in [0.05, 0.1) is 0 Å². The molecule has 0 aliphatic rings. The highest BCUT2D eigenvalue weighted by molar-refractivity contribution is 7.98. The maximum absolute atomic E-state index is 10.1. The van der Waals surface area contributed by atoms with Gasteiger partial charge in [-0.1, -0.05) is 210 Å². The second-order valence-electron chi connectivity index (χ2n) is 9.70. The highest BCUT2D eigenvalue weighted by atomic mass is 32.2. The molecule has 1 amide bonds. The number of unbranched alkanes of at least 4 members (excludes halogenated alkanes) is 1. The molecule has 0 saturated carbocycles. The predicted octanol–water partition coefficient (Wildman–Crippen LogP) is 18.0. The maximum Gasteiger partial charge on any atom is 0.218 e. The van der Waals surface area contributed by atoms with E-state index in [1.807, 2.05) is 58.8 Å². The van der Waals surface area contributed by atoms with E-state index in [-0.39, 0.29) is 120 Å². The molecule has 0 aromatic rings. The topological polar surface area (TPSA) is 102 Å². The van der Waals surface area contributed by atoms with Gasteiger partial charge < -0.3 is 30.5 Å². The molecule has 0 aliphatic heterocycles. The molecule has 0 radical (unpaired) electrons. The lowest BCUT2D eigenvalue weighted by Crippen LogP contribution is -2.17. The largest absolute Gasteiger partial charge is 0.412 e. The van der Waals surface area contributed by atoms with Crippen LogP contribution in [0.4, 0.5) is 0 Å². The summed E-state index contributed by atoms with van der Waals surface area (Å²) in [6, 6.07) is 0. The van der Waals surface area contributed by atoms with E-state index >= 15 is 0 Å². The van der Waals surface area contributed by atoms with Gasteiger partial charge in [0, 0.05) is 34.7 Å². The number of ether oxygens (including phenoxy) is 1. The van der Waals surface area contributed by atoms with Crippen molar-refractivity contribution in [3.63, 3.8) is 0 Å². The van der Waals surface area contributed by atoms with Gasteiger partial charge in [-0.2, -0.15) is 25.3 Å². The number of ketones is 1. The number of rotatable bonds is 5. The summed E-state index contributed by atoms with van der Waals surface area (Å²) in [6.07, 6.45) is 11.2. The summed E-state index contributed by atoms with van der Waals surface area (Å²) in [5.74, 6) is 2.33. The molecule has 392 valence electrons. The van der Waals surface area contributed by atoms with Crippen molar-refractivity contribution in [2.75, 3.05) is 67.0 Å². The summed E-state index contributed by atoms with van der Waals surface area (Å²) in [7, 11) is 8.99. The van der Waals surface area contributed by atoms with E-state index in [1.165, 1.54) is 57.1 Å². The van der Waals surface area contributed by atoms with Crippen LogP contribution in [0.3, 0.4) is 0 Å². The maximum atomic E-state index is 10.1. The van der Waals surface area contributed by atoms with Gasteiger partial charge in [0.2, 0.25) is 5.91 Å². The molecular weight excluding hydrogens is 759 g/mol. The molecule has 0 aromatic carbocycles. The standard InChI is InChI=1S/C4H9NO.2C4H10.C4H8.2C3H9N.C3H8O.C3H6O.C3H8S.2C3H8.12CH4.H2O.H2S/c1-4(6)5(2)3;1-4(2)3;5*1-3-4-2;1-3(2)4;1-3-4-2;2*1-3-2;;;;;;;;;;;;;;/h1-3H3;4H,1-3H3;3-4H2,1-2H3;3-4H,1-2H3;2*4H,3H2,1-2H3;3H2,1-2H3;1-2H3;3H2,1-2H3;2*3H2,1-2H3;12*1H4;2*1H2. The average Bonchev–Trinajstić information content (AvgIpc) is 2.98. The summed E-state index contributed by atoms with van der Waals surface area (Å²) in [6.45, 7) is 39.1. The third-order valence-corrected chi connectivity index (χ3v) is 3.32. The number of carbonyl (C=O) groups excluding carboxylic acids is 2. The molecule has 0 rings (SSSR count). The zero-order chi connectivity index (χ0) is 38.2. The van der Waals surface area contributed by atoms with Crippen LogP contribution in [0.5, 0.6) is 0 Å². The Hall–Kier alpha value is -0.580. The first kappa shape index (κ1) is 174. The van der Waals surface area contributed by atoms with E-state index in [2.05, 4.69) is 105 Å². The van der Waals surface area contributed by atoms with Crippen LogP contribution < -0.4 is 10.6 Å². The second kappa shape index (κ2) is 268. The minimum absolute atomic E-state index is 0. The monoisotopic (exact) mass is 904 g/mol. The zero-order valence-corrected chi connectivity index (χ0v) is 38.3. The molecule has 4 N–H and O–H groups in total. The molecule has 0 fully saturated rings. The molecule has 58 heavy (non-hydrogen) atoms. The summed E-state index contributed by atoms with van der Waals surface area (Å²) in [4.78, 5) is 21.0. The number of methoxy groups -OCH3 is 1. The lowest BCUT2D eigenvalue weighted by Gasteiger charge is -2.02. The Morgan fingerprint density at radius 3 is 0.707 bits per heavy atom. The third-order valence-electron chi connectivity index (χ3n) is 2.75. The normalized spacial score (nSPS) is 5.74. The van der Waals surface area contributed by atoms with Gasteiger partial charge in [-0.3, -0.25) is 4.79 Å². The van der Waals surface area contributed by atoms with Crippen LogP contribution in [0.25, 0.3) is 0 Å². The molecule has 0 unspecified atom stereocenters. The Labute approximate surface area is 395 Å². The minimum atomic E-state index is 0.